The van der Waals surface area contributed by atoms with Gasteiger partial charge in [-0.2, -0.15) is 0 Å². The van der Waals surface area contributed by atoms with E-state index in [4.69, 9.17) is 0 Å². The van der Waals surface area contributed by atoms with Crippen molar-refractivity contribution in [2.45, 2.75) is 38.1 Å². The van der Waals surface area contributed by atoms with E-state index in [1.807, 2.05) is 18.2 Å². The number of benzene rings is 1. The molecule has 1 aromatic carbocycles. The summed E-state index contributed by atoms with van der Waals surface area (Å²) in [6, 6.07) is 10.4. The maximum Gasteiger partial charge on any atom is 0.335 e. The SMILES string of the molecule is O=C(O)c1cccc(N=C2S/C(=C\c3cccnc3)C(=O)N2C2CCCCC2)c1. The number of hydrogen-bond donors (Lipinski definition) is 1. The predicted octanol–water partition coefficient (Wildman–Crippen LogP) is 4.72. The highest BCUT2D eigenvalue weighted by Crippen LogP contribution is 2.38. The van der Waals surface area contributed by atoms with Crippen LogP contribution in [0.1, 0.15) is 48.0 Å². The van der Waals surface area contributed by atoms with Gasteiger partial charge in [-0.25, -0.2) is 9.79 Å². The maximum atomic E-state index is 13.2. The average molecular weight is 407 g/mol. The van der Waals surface area contributed by atoms with E-state index >= 15 is 0 Å². The van der Waals surface area contributed by atoms with Gasteiger partial charge in [0.1, 0.15) is 0 Å². The molecule has 1 aliphatic heterocycles. The van der Waals surface area contributed by atoms with Gasteiger partial charge in [0.2, 0.25) is 0 Å². The number of hydrogen-bond acceptors (Lipinski definition) is 5. The second-order valence-electron chi connectivity index (χ2n) is 7.11. The first kappa shape index (κ1) is 19.4. The lowest BCUT2D eigenvalue weighted by atomic mass is 9.94. The lowest BCUT2D eigenvalue weighted by molar-refractivity contribution is -0.124. The number of carboxylic acids is 1. The largest absolute Gasteiger partial charge is 0.478 e. The molecule has 7 heteroatoms. The van der Waals surface area contributed by atoms with Crippen LogP contribution in [0, 0.1) is 0 Å². The molecule has 1 N–H and O–H groups in total. The van der Waals surface area contributed by atoms with Gasteiger partial charge in [-0.1, -0.05) is 31.4 Å². The zero-order valence-electron chi connectivity index (χ0n) is 15.8. The van der Waals surface area contributed by atoms with E-state index in [1.54, 1.807) is 29.4 Å². The van der Waals surface area contributed by atoms with Gasteiger partial charge in [0.05, 0.1) is 16.2 Å². The number of aliphatic imine (C=N–C) groups is 1. The van der Waals surface area contributed by atoms with Crippen LogP contribution < -0.4 is 0 Å². The smallest absolute Gasteiger partial charge is 0.335 e. The van der Waals surface area contributed by atoms with Crippen LogP contribution >= 0.6 is 11.8 Å². The summed E-state index contributed by atoms with van der Waals surface area (Å²) >= 11 is 1.34. The molecule has 0 unspecified atom stereocenters. The number of nitrogens with zero attached hydrogens (tertiary/aromatic N) is 3. The molecule has 29 heavy (non-hydrogen) atoms. The lowest BCUT2D eigenvalue weighted by Crippen LogP contribution is -2.40. The van der Waals surface area contributed by atoms with Gasteiger partial charge in [0.25, 0.3) is 5.91 Å². The third kappa shape index (κ3) is 4.40. The molecule has 1 aliphatic carbocycles. The third-order valence-electron chi connectivity index (χ3n) is 5.08. The van der Waals surface area contributed by atoms with Crippen LogP contribution in [0.15, 0.2) is 58.7 Å². The summed E-state index contributed by atoms with van der Waals surface area (Å²) in [4.78, 5) is 35.7. The number of carbonyl (C=O) groups is 2. The van der Waals surface area contributed by atoms with Gasteiger partial charge in [0.15, 0.2) is 5.17 Å². The second kappa shape index (κ2) is 8.61. The summed E-state index contributed by atoms with van der Waals surface area (Å²) in [6.07, 6.45) is 10.6. The van der Waals surface area contributed by atoms with Crippen molar-refractivity contribution in [2.75, 3.05) is 0 Å². The molecular formula is C22H21N3O3S. The van der Waals surface area contributed by atoms with Crippen LogP contribution in [0.25, 0.3) is 6.08 Å². The number of carboxylic acid groups (broad SMARTS) is 1. The zero-order chi connectivity index (χ0) is 20.2. The normalized spacial score (nSPS) is 20.6. The molecule has 1 saturated carbocycles. The summed E-state index contributed by atoms with van der Waals surface area (Å²) in [5.74, 6) is -1.04. The standard InChI is InChI=1S/C22H21N3O3S/c26-20-19(12-15-6-5-11-23-14-15)29-22(25(20)18-9-2-1-3-10-18)24-17-8-4-7-16(13-17)21(27)28/h4-8,11-14,18H,1-3,9-10H2,(H,27,28)/b19-12-,24-22?. The number of aromatic nitrogens is 1. The average Bonchev–Trinajstić information content (AvgIpc) is 3.04. The van der Waals surface area contributed by atoms with Crippen LogP contribution in [0.2, 0.25) is 0 Å². The number of carbonyl (C=O) groups excluding carboxylic acids is 1. The number of aromatic carboxylic acids is 1. The molecule has 1 aromatic heterocycles. The zero-order valence-corrected chi connectivity index (χ0v) is 16.6. The lowest BCUT2D eigenvalue weighted by Gasteiger charge is -2.30. The van der Waals surface area contributed by atoms with Crippen LogP contribution in [-0.4, -0.2) is 38.1 Å². The molecule has 2 heterocycles. The van der Waals surface area contributed by atoms with Crippen molar-refractivity contribution in [1.29, 1.82) is 0 Å². The Kier molecular flexibility index (Phi) is 5.76. The van der Waals surface area contributed by atoms with Crippen molar-refractivity contribution >= 4 is 40.6 Å². The summed E-state index contributed by atoms with van der Waals surface area (Å²) in [5, 5.41) is 9.85. The monoisotopic (exact) mass is 407 g/mol. The second-order valence-corrected chi connectivity index (χ2v) is 8.12. The Hall–Kier alpha value is -2.93. The van der Waals surface area contributed by atoms with E-state index in [0.717, 1.165) is 31.2 Å². The Morgan fingerprint density at radius 1 is 1.21 bits per heavy atom. The number of thioether (sulfide) groups is 1. The maximum absolute atomic E-state index is 13.2. The third-order valence-corrected chi connectivity index (χ3v) is 6.06. The molecule has 1 saturated heterocycles. The predicted molar refractivity (Wildman–Crippen MR) is 114 cm³/mol. The molecule has 148 valence electrons. The summed E-state index contributed by atoms with van der Waals surface area (Å²) < 4.78 is 0. The first-order valence-electron chi connectivity index (χ1n) is 9.67. The minimum atomic E-state index is -0.997. The van der Waals surface area contributed by atoms with E-state index in [0.29, 0.717) is 15.8 Å². The first-order valence-corrected chi connectivity index (χ1v) is 10.5. The van der Waals surface area contributed by atoms with Crippen molar-refractivity contribution in [1.82, 2.24) is 9.88 Å². The molecule has 4 rings (SSSR count). The van der Waals surface area contributed by atoms with Gasteiger partial charge < -0.3 is 5.11 Å². The highest BCUT2D eigenvalue weighted by atomic mass is 32.2. The Bertz CT molecular complexity index is 982. The van der Waals surface area contributed by atoms with E-state index in [2.05, 4.69) is 9.98 Å². The fraction of sp³-hybridized carbons (Fsp3) is 0.273. The van der Waals surface area contributed by atoms with Gasteiger partial charge in [-0.3, -0.25) is 14.7 Å². The summed E-state index contributed by atoms with van der Waals surface area (Å²) in [5.41, 5.74) is 1.57. The highest BCUT2D eigenvalue weighted by Gasteiger charge is 2.38. The molecule has 0 bridgehead atoms. The Morgan fingerprint density at radius 3 is 2.76 bits per heavy atom. The Balaban J connectivity index is 1.71. The van der Waals surface area contributed by atoms with Gasteiger partial charge in [0, 0.05) is 18.4 Å². The van der Waals surface area contributed by atoms with Gasteiger partial charge in [-0.05, 0) is 60.5 Å². The molecule has 0 radical (unpaired) electrons. The van der Waals surface area contributed by atoms with E-state index in [1.165, 1.54) is 30.3 Å². The van der Waals surface area contributed by atoms with Crippen LogP contribution in [0.4, 0.5) is 5.69 Å². The molecule has 2 aromatic rings. The van der Waals surface area contributed by atoms with Crippen molar-refractivity contribution in [3.63, 3.8) is 0 Å². The van der Waals surface area contributed by atoms with Crippen LogP contribution in [0.5, 0.6) is 0 Å². The van der Waals surface area contributed by atoms with Gasteiger partial charge >= 0.3 is 5.97 Å². The number of pyridine rings is 1. The molecule has 0 atom stereocenters. The number of amides is 1. The molecule has 2 aliphatic rings. The van der Waals surface area contributed by atoms with E-state index < -0.39 is 5.97 Å². The van der Waals surface area contributed by atoms with E-state index in [-0.39, 0.29) is 17.5 Å². The molecular weight excluding hydrogens is 386 g/mol. The summed E-state index contributed by atoms with van der Waals surface area (Å²) in [7, 11) is 0. The van der Waals surface area contributed by atoms with Crippen molar-refractivity contribution in [2.24, 2.45) is 4.99 Å². The minimum absolute atomic E-state index is 0.0427. The fourth-order valence-electron chi connectivity index (χ4n) is 3.66. The van der Waals surface area contributed by atoms with Gasteiger partial charge in [-0.15, -0.1) is 0 Å². The first-order chi connectivity index (χ1) is 14.1. The number of amidine groups is 1. The quantitative estimate of drug-likeness (QED) is 0.742. The number of rotatable bonds is 4. The highest BCUT2D eigenvalue weighted by molar-refractivity contribution is 8.18. The molecule has 0 spiro atoms. The molecule has 6 nitrogen and oxygen atoms in total. The topological polar surface area (TPSA) is 82.9 Å². The fourth-order valence-corrected chi connectivity index (χ4v) is 4.72. The molecule has 1 amide bonds. The Labute approximate surface area is 173 Å². The van der Waals surface area contributed by atoms with Crippen molar-refractivity contribution in [3.05, 3.63) is 64.8 Å². The molecule has 2 fully saturated rings. The van der Waals surface area contributed by atoms with Crippen molar-refractivity contribution in [3.8, 4) is 0 Å². The summed E-state index contributed by atoms with van der Waals surface area (Å²) in [6.45, 7) is 0. The van der Waals surface area contributed by atoms with Crippen LogP contribution in [-0.2, 0) is 4.79 Å². The minimum Gasteiger partial charge on any atom is -0.478 e. The van der Waals surface area contributed by atoms with Crippen molar-refractivity contribution < 1.29 is 14.7 Å². The Morgan fingerprint density at radius 2 is 2.03 bits per heavy atom. The van der Waals surface area contributed by atoms with E-state index in [9.17, 15) is 14.7 Å². The van der Waals surface area contributed by atoms with Crippen LogP contribution in [0.3, 0.4) is 0 Å².